The zero-order valence-corrected chi connectivity index (χ0v) is 13.8. The summed E-state index contributed by atoms with van der Waals surface area (Å²) in [7, 11) is 0. The highest BCUT2D eigenvalue weighted by Gasteiger charge is 2.23. The first-order chi connectivity index (χ1) is 10.0. The van der Waals surface area contributed by atoms with E-state index in [1.54, 1.807) is 11.3 Å². The Hall–Kier alpha value is -1.23. The van der Waals surface area contributed by atoms with E-state index in [4.69, 9.17) is 0 Å². The maximum absolute atomic E-state index is 9.20. The number of nitrogens with one attached hydrogen (secondary N) is 1. The van der Waals surface area contributed by atoms with Crippen LogP contribution in [0.1, 0.15) is 32.2 Å². The van der Waals surface area contributed by atoms with E-state index < -0.39 is 0 Å². The predicted octanol–water partition coefficient (Wildman–Crippen LogP) is 3.70. The van der Waals surface area contributed by atoms with Crippen molar-refractivity contribution in [1.29, 1.82) is 0 Å². The van der Waals surface area contributed by atoms with E-state index in [2.05, 4.69) is 48.6 Å². The lowest BCUT2D eigenvalue weighted by Crippen LogP contribution is -2.40. The summed E-state index contributed by atoms with van der Waals surface area (Å²) in [5, 5.41) is 15.9. The van der Waals surface area contributed by atoms with Gasteiger partial charge < -0.3 is 10.4 Å². The summed E-state index contributed by atoms with van der Waals surface area (Å²) in [5.41, 5.74) is 2.32. The number of aromatic nitrogens is 1. The minimum absolute atomic E-state index is 0.127. The molecule has 1 aromatic heterocycles. The van der Waals surface area contributed by atoms with Crippen LogP contribution in [0.15, 0.2) is 35.7 Å². The van der Waals surface area contributed by atoms with Gasteiger partial charge in [-0.3, -0.25) is 0 Å². The molecule has 1 aromatic carbocycles. The number of nitrogens with zero attached hydrogens (tertiary/aromatic N) is 1. The average Bonchev–Trinajstić information content (AvgIpc) is 2.92. The second kappa shape index (κ2) is 7.16. The van der Waals surface area contributed by atoms with Gasteiger partial charge in [-0.2, -0.15) is 0 Å². The normalized spacial score (nSPS) is 13.3. The van der Waals surface area contributed by atoms with E-state index in [1.165, 1.54) is 0 Å². The fourth-order valence-electron chi connectivity index (χ4n) is 2.31. The highest BCUT2D eigenvalue weighted by molar-refractivity contribution is 7.09. The van der Waals surface area contributed by atoms with E-state index in [0.717, 1.165) is 29.2 Å². The number of aliphatic hydroxyl groups is 1. The van der Waals surface area contributed by atoms with E-state index in [-0.39, 0.29) is 18.1 Å². The monoisotopic (exact) mass is 304 g/mol. The molecule has 1 heterocycles. The Labute approximate surface area is 131 Å². The van der Waals surface area contributed by atoms with Crippen molar-refractivity contribution in [2.75, 3.05) is 6.61 Å². The van der Waals surface area contributed by atoms with Crippen LogP contribution in [0, 0.1) is 5.41 Å². The van der Waals surface area contributed by atoms with E-state index in [0.29, 0.717) is 0 Å². The number of hydrogen-bond acceptors (Lipinski definition) is 4. The molecule has 0 radical (unpaired) electrons. The molecule has 1 unspecified atom stereocenters. The minimum atomic E-state index is 0.127. The van der Waals surface area contributed by atoms with Crippen molar-refractivity contribution in [3.05, 3.63) is 40.7 Å². The van der Waals surface area contributed by atoms with Gasteiger partial charge in [0.1, 0.15) is 5.01 Å². The zero-order valence-electron chi connectivity index (χ0n) is 13.0. The highest BCUT2D eigenvalue weighted by atomic mass is 32.1. The first-order valence-electron chi connectivity index (χ1n) is 7.35. The number of hydrogen-bond donors (Lipinski definition) is 2. The van der Waals surface area contributed by atoms with Gasteiger partial charge in [0, 0.05) is 30.1 Å². The summed E-state index contributed by atoms with van der Waals surface area (Å²) in [6.07, 6.45) is 0.764. The third-order valence-corrected chi connectivity index (χ3v) is 4.43. The Kier molecular flexibility index (Phi) is 5.51. The standard InChI is InChI=1S/C17H24N2OS/c1-17(2,3)15(9-10-20)18-11-16-19-14(12-21-16)13-7-5-4-6-8-13/h4-8,12,15,18,20H,9-11H2,1-3H3. The van der Waals surface area contributed by atoms with Gasteiger partial charge in [0.05, 0.1) is 5.69 Å². The van der Waals surface area contributed by atoms with Crippen molar-refractivity contribution in [3.8, 4) is 11.3 Å². The summed E-state index contributed by atoms with van der Waals surface area (Å²) in [4.78, 5) is 4.69. The fourth-order valence-corrected chi connectivity index (χ4v) is 3.07. The number of thiazole rings is 1. The van der Waals surface area contributed by atoms with Gasteiger partial charge in [-0.15, -0.1) is 11.3 Å². The van der Waals surface area contributed by atoms with Crippen LogP contribution in [0.25, 0.3) is 11.3 Å². The molecule has 0 fully saturated rings. The molecule has 2 N–H and O–H groups in total. The van der Waals surface area contributed by atoms with Gasteiger partial charge in [0.25, 0.3) is 0 Å². The quantitative estimate of drug-likeness (QED) is 0.855. The molecule has 0 aliphatic heterocycles. The SMILES string of the molecule is CC(C)(C)C(CCO)NCc1nc(-c2ccccc2)cs1. The summed E-state index contributed by atoms with van der Waals surface area (Å²) in [6, 6.07) is 10.5. The summed E-state index contributed by atoms with van der Waals surface area (Å²) < 4.78 is 0. The molecule has 4 heteroatoms. The molecule has 0 spiro atoms. The number of aliphatic hydroxyl groups excluding tert-OH is 1. The molecule has 2 rings (SSSR count). The van der Waals surface area contributed by atoms with Crippen molar-refractivity contribution < 1.29 is 5.11 Å². The van der Waals surface area contributed by atoms with E-state index >= 15 is 0 Å². The zero-order chi connectivity index (χ0) is 15.3. The molecule has 0 saturated carbocycles. The molecule has 0 aliphatic rings. The van der Waals surface area contributed by atoms with Crippen LogP contribution in [0.3, 0.4) is 0 Å². The van der Waals surface area contributed by atoms with Crippen LogP contribution in [-0.4, -0.2) is 22.7 Å². The Morgan fingerprint density at radius 1 is 1.24 bits per heavy atom. The van der Waals surface area contributed by atoms with E-state index in [9.17, 15) is 5.11 Å². The van der Waals surface area contributed by atoms with Gasteiger partial charge in [-0.05, 0) is 11.8 Å². The Bertz CT molecular complexity index is 545. The molecular formula is C17H24N2OS. The smallest absolute Gasteiger partial charge is 0.107 e. The van der Waals surface area contributed by atoms with Gasteiger partial charge in [-0.1, -0.05) is 51.1 Å². The number of rotatable bonds is 6. The molecule has 3 nitrogen and oxygen atoms in total. The van der Waals surface area contributed by atoms with Crippen molar-refractivity contribution in [2.24, 2.45) is 5.41 Å². The third-order valence-electron chi connectivity index (χ3n) is 3.58. The second-order valence-corrected chi connectivity index (χ2v) is 7.25. The fraction of sp³-hybridized carbons (Fsp3) is 0.471. The van der Waals surface area contributed by atoms with Crippen LogP contribution < -0.4 is 5.32 Å². The van der Waals surface area contributed by atoms with Gasteiger partial charge in [0.15, 0.2) is 0 Å². The van der Waals surface area contributed by atoms with Crippen LogP contribution in [-0.2, 0) is 6.54 Å². The average molecular weight is 304 g/mol. The second-order valence-electron chi connectivity index (χ2n) is 6.30. The summed E-state index contributed by atoms with van der Waals surface area (Å²) in [5.74, 6) is 0. The topological polar surface area (TPSA) is 45.1 Å². The Morgan fingerprint density at radius 2 is 1.95 bits per heavy atom. The lowest BCUT2D eigenvalue weighted by Gasteiger charge is -2.31. The third kappa shape index (κ3) is 4.63. The van der Waals surface area contributed by atoms with Crippen LogP contribution in [0.5, 0.6) is 0 Å². The minimum Gasteiger partial charge on any atom is -0.396 e. The lowest BCUT2D eigenvalue weighted by molar-refractivity contribution is 0.196. The Morgan fingerprint density at radius 3 is 2.57 bits per heavy atom. The van der Waals surface area contributed by atoms with Crippen molar-refractivity contribution in [2.45, 2.75) is 39.8 Å². The molecular weight excluding hydrogens is 280 g/mol. The molecule has 21 heavy (non-hydrogen) atoms. The molecule has 0 amide bonds. The molecule has 1 atom stereocenters. The van der Waals surface area contributed by atoms with Gasteiger partial charge in [-0.25, -0.2) is 4.98 Å². The molecule has 0 saturated heterocycles. The van der Waals surface area contributed by atoms with E-state index in [1.807, 2.05) is 18.2 Å². The maximum atomic E-state index is 9.20. The number of benzene rings is 1. The summed E-state index contributed by atoms with van der Waals surface area (Å²) >= 11 is 1.68. The van der Waals surface area contributed by atoms with Crippen LogP contribution >= 0.6 is 11.3 Å². The largest absolute Gasteiger partial charge is 0.396 e. The first-order valence-corrected chi connectivity index (χ1v) is 8.22. The highest BCUT2D eigenvalue weighted by Crippen LogP contribution is 2.24. The van der Waals surface area contributed by atoms with Gasteiger partial charge >= 0.3 is 0 Å². The molecule has 0 aliphatic carbocycles. The first kappa shape index (κ1) is 16.1. The predicted molar refractivity (Wildman–Crippen MR) is 89.3 cm³/mol. The molecule has 114 valence electrons. The van der Waals surface area contributed by atoms with Crippen molar-refractivity contribution >= 4 is 11.3 Å². The molecule has 0 bridgehead atoms. The van der Waals surface area contributed by atoms with Gasteiger partial charge in [0.2, 0.25) is 0 Å². The molecule has 2 aromatic rings. The van der Waals surface area contributed by atoms with Crippen LogP contribution in [0.2, 0.25) is 0 Å². The van der Waals surface area contributed by atoms with Crippen molar-refractivity contribution in [1.82, 2.24) is 10.3 Å². The van der Waals surface area contributed by atoms with Crippen molar-refractivity contribution in [3.63, 3.8) is 0 Å². The lowest BCUT2D eigenvalue weighted by atomic mass is 9.85. The maximum Gasteiger partial charge on any atom is 0.107 e. The Balaban J connectivity index is 1.99. The van der Waals surface area contributed by atoms with Crippen LogP contribution in [0.4, 0.5) is 0 Å². The summed E-state index contributed by atoms with van der Waals surface area (Å²) in [6.45, 7) is 7.54.